The summed E-state index contributed by atoms with van der Waals surface area (Å²) < 4.78 is 44.6. The van der Waals surface area contributed by atoms with Crippen LogP contribution in [0.3, 0.4) is 0 Å². The summed E-state index contributed by atoms with van der Waals surface area (Å²) in [7, 11) is 0. The summed E-state index contributed by atoms with van der Waals surface area (Å²) in [4.78, 5) is 50.4. The maximum absolute atomic E-state index is 12.5. The smallest absolute Gasteiger partial charge is 0.338 e. The van der Waals surface area contributed by atoms with E-state index in [0.717, 1.165) is 58.7 Å². The highest BCUT2D eigenvalue weighted by molar-refractivity contribution is 5.87. The SMILES string of the molecule is C=C(C)C(=O)O/C=C\Oc1cc(-c2ccc(C)cc2)ccc1OCCCCCOC(=O)CCN(CCO)CCC(=O)OCCCCCOc1ccc(-c2ccc(C)cc2)cc1O/C=C\OC(=O)C(=C)C. The number of unbranched alkanes of at least 4 members (excludes halogenated alkanes) is 4. The van der Waals surface area contributed by atoms with Crippen LogP contribution in [0, 0.1) is 13.8 Å². The van der Waals surface area contributed by atoms with Gasteiger partial charge in [0.15, 0.2) is 23.0 Å². The maximum atomic E-state index is 12.5. The van der Waals surface area contributed by atoms with Crippen LogP contribution in [-0.2, 0) is 38.1 Å². The number of carbonyl (C=O) groups excluding carboxylic acids is 4. The number of rotatable bonds is 32. The van der Waals surface area contributed by atoms with Gasteiger partial charge in [0.25, 0.3) is 0 Å². The van der Waals surface area contributed by atoms with Crippen molar-refractivity contribution in [3.05, 3.63) is 145 Å². The molecule has 0 bridgehead atoms. The van der Waals surface area contributed by atoms with E-state index in [-0.39, 0.29) is 55.7 Å². The minimum atomic E-state index is -0.559. The van der Waals surface area contributed by atoms with Crippen LogP contribution in [0.15, 0.2) is 134 Å². The molecule has 4 rings (SSSR count). The first-order valence-electron chi connectivity index (χ1n) is 23.5. The van der Waals surface area contributed by atoms with Crippen molar-refractivity contribution in [1.29, 1.82) is 0 Å². The molecule has 0 saturated carbocycles. The molecule has 4 aromatic carbocycles. The maximum Gasteiger partial charge on any atom is 0.338 e. The fourth-order valence-electron chi connectivity index (χ4n) is 6.49. The van der Waals surface area contributed by atoms with E-state index in [1.165, 1.54) is 12.5 Å². The van der Waals surface area contributed by atoms with E-state index in [1.807, 2.05) is 104 Å². The van der Waals surface area contributed by atoms with Gasteiger partial charge in [-0.2, -0.15) is 0 Å². The molecule has 14 nitrogen and oxygen atoms in total. The molecular weight excluding hydrogens is 895 g/mol. The lowest BCUT2D eigenvalue weighted by atomic mass is 10.0. The average molecular weight is 962 g/mol. The van der Waals surface area contributed by atoms with E-state index in [4.69, 9.17) is 37.9 Å². The number of aliphatic hydroxyl groups is 1. The number of aliphatic hydroxyl groups excluding tert-OH is 1. The molecule has 374 valence electrons. The highest BCUT2D eigenvalue weighted by atomic mass is 16.6. The number of esters is 4. The lowest BCUT2D eigenvalue weighted by Gasteiger charge is -2.20. The molecule has 0 aliphatic heterocycles. The molecule has 0 amide bonds. The molecule has 70 heavy (non-hydrogen) atoms. The van der Waals surface area contributed by atoms with Crippen LogP contribution in [0.5, 0.6) is 23.0 Å². The number of hydrogen-bond donors (Lipinski definition) is 1. The first-order chi connectivity index (χ1) is 33.8. The fourth-order valence-corrected chi connectivity index (χ4v) is 6.49. The number of benzene rings is 4. The molecule has 0 aliphatic rings. The summed E-state index contributed by atoms with van der Waals surface area (Å²) in [5, 5.41) is 9.58. The second-order valence-electron chi connectivity index (χ2n) is 16.5. The molecule has 4 aromatic rings. The summed E-state index contributed by atoms with van der Waals surface area (Å²) >= 11 is 0. The van der Waals surface area contributed by atoms with Crippen LogP contribution < -0.4 is 18.9 Å². The predicted molar refractivity (Wildman–Crippen MR) is 268 cm³/mol. The van der Waals surface area contributed by atoms with Crippen molar-refractivity contribution in [3.63, 3.8) is 0 Å². The molecule has 0 atom stereocenters. The molecule has 0 fully saturated rings. The Labute approximate surface area is 412 Å². The molecule has 0 aliphatic carbocycles. The van der Waals surface area contributed by atoms with Crippen molar-refractivity contribution in [2.45, 2.75) is 79.1 Å². The summed E-state index contributed by atoms with van der Waals surface area (Å²) in [6.45, 7) is 16.5. The van der Waals surface area contributed by atoms with Gasteiger partial charge < -0.3 is 43.0 Å². The Morgan fingerprint density at radius 1 is 0.500 bits per heavy atom. The zero-order valence-electron chi connectivity index (χ0n) is 40.9. The topological polar surface area (TPSA) is 166 Å². The van der Waals surface area contributed by atoms with E-state index in [0.29, 0.717) is 81.5 Å². The molecule has 1 N–H and O–H groups in total. The van der Waals surface area contributed by atoms with E-state index >= 15 is 0 Å². The highest BCUT2D eigenvalue weighted by Gasteiger charge is 2.14. The number of carbonyl (C=O) groups is 4. The molecule has 0 saturated heterocycles. The van der Waals surface area contributed by atoms with Crippen molar-refractivity contribution < 1.29 is 62.2 Å². The molecule has 0 radical (unpaired) electrons. The third kappa shape index (κ3) is 21.0. The molecule has 0 spiro atoms. The third-order valence-electron chi connectivity index (χ3n) is 10.5. The zero-order valence-corrected chi connectivity index (χ0v) is 40.9. The van der Waals surface area contributed by atoms with Gasteiger partial charge in [0.2, 0.25) is 0 Å². The normalized spacial score (nSPS) is 11.1. The van der Waals surface area contributed by atoms with Crippen molar-refractivity contribution in [2.75, 3.05) is 52.7 Å². The van der Waals surface area contributed by atoms with Crippen LogP contribution in [0.4, 0.5) is 0 Å². The summed E-state index contributed by atoms with van der Waals surface area (Å²) in [6, 6.07) is 27.5. The van der Waals surface area contributed by atoms with E-state index in [9.17, 15) is 24.3 Å². The van der Waals surface area contributed by atoms with Crippen LogP contribution in [-0.4, -0.2) is 86.6 Å². The van der Waals surface area contributed by atoms with E-state index in [1.54, 1.807) is 13.8 Å². The standard InChI is InChI=1S/C56H67NO13/c1-41(2)55(61)69-37-35-65-51-39-47(45-17-13-43(5)14-18-45)21-23-49(51)63-31-9-7-11-33-67-53(59)25-27-57(29-30-58)28-26-54(60)68-34-12-8-10-32-64-50-24-22-48(46-19-15-44(6)16-20-46)40-52(50)66-36-38-70-56(62)42(3)4/h13-24,35-40,58H,1,3,7-12,25-34H2,2,4-6H3/b37-35-,38-36-. The van der Waals surface area contributed by atoms with Gasteiger partial charge in [0, 0.05) is 30.8 Å². The number of nitrogens with zero attached hydrogens (tertiary/aromatic N) is 1. The zero-order chi connectivity index (χ0) is 50.5. The van der Waals surface area contributed by atoms with Crippen LogP contribution in [0.1, 0.15) is 76.3 Å². The molecule has 14 heteroatoms. The Kier molecular flexibility index (Phi) is 24.6. The fraction of sp³-hybridized carbons (Fsp3) is 0.357. The number of aryl methyl sites for hydroxylation is 2. The van der Waals surface area contributed by atoms with E-state index < -0.39 is 11.9 Å². The summed E-state index contributed by atoms with van der Waals surface area (Å²) in [5.41, 5.74) is 6.72. The Bertz CT molecular complexity index is 2210. The quantitative estimate of drug-likeness (QED) is 0.0161. The minimum Gasteiger partial charge on any atom is -0.490 e. The largest absolute Gasteiger partial charge is 0.490 e. The highest BCUT2D eigenvalue weighted by Crippen LogP contribution is 2.35. The Morgan fingerprint density at radius 3 is 1.27 bits per heavy atom. The first kappa shape index (κ1) is 55.4. The minimum absolute atomic E-state index is 0.119. The second-order valence-corrected chi connectivity index (χ2v) is 16.5. The third-order valence-corrected chi connectivity index (χ3v) is 10.5. The van der Waals surface area contributed by atoms with Crippen LogP contribution in [0.25, 0.3) is 22.3 Å². The van der Waals surface area contributed by atoms with Crippen molar-refractivity contribution >= 4 is 23.9 Å². The van der Waals surface area contributed by atoms with Gasteiger partial charge in [-0.3, -0.25) is 14.5 Å². The summed E-state index contributed by atoms with van der Waals surface area (Å²) in [5.74, 6) is 0.117. The van der Waals surface area contributed by atoms with Crippen molar-refractivity contribution in [2.24, 2.45) is 0 Å². The summed E-state index contributed by atoms with van der Waals surface area (Å²) in [6.07, 6.45) is 9.31. The molecular formula is C56H67NO13. The van der Waals surface area contributed by atoms with Gasteiger partial charge >= 0.3 is 23.9 Å². The molecule has 0 unspecified atom stereocenters. The van der Waals surface area contributed by atoms with Crippen LogP contribution >= 0.6 is 0 Å². The Hall–Kier alpha value is -7.16. The van der Waals surface area contributed by atoms with Gasteiger partial charge in [-0.25, -0.2) is 9.59 Å². The second kappa shape index (κ2) is 31.1. The van der Waals surface area contributed by atoms with E-state index in [2.05, 4.69) is 13.2 Å². The predicted octanol–water partition coefficient (Wildman–Crippen LogP) is 10.5. The van der Waals surface area contributed by atoms with Crippen molar-refractivity contribution in [1.82, 2.24) is 4.90 Å². The van der Waals surface area contributed by atoms with Gasteiger partial charge in [0.05, 0.1) is 45.9 Å². The number of hydrogen-bond acceptors (Lipinski definition) is 14. The van der Waals surface area contributed by atoms with Gasteiger partial charge in [-0.1, -0.05) is 84.9 Å². The van der Waals surface area contributed by atoms with Gasteiger partial charge in [-0.15, -0.1) is 0 Å². The van der Waals surface area contributed by atoms with Gasteiger partial charge in [0.1, 0.15) is 25.0 Å². The Morgan fingerprint density at radius 2 is 0.886 bits per heavy atom. The monoisotopic (exact) mass is 961 g/mol. The number of ether oxygens (including phenoxy) is 8. The lowest BCUT2D eigenvalue weighted by molar-refractivity contribution is -0.144. The van der Waals surface area contributed by atoms with Gasteiger partial charge in [-0.05, 0) is 113 Å². The van der Waals surface area contributed by atoms with Crippen LogP contribution in [0.2, 0.25) is 0 Å². The first-order valence-corrected chi connectivity index (χ1v) is 23.5. The molecule has 0 aromatic heterocycles. The molecule has 0 heterocycles. The lowest BCUT2D eigenvalue weighted by Crippen LogP contribution is -2.32. The Balaban J connectivity index is 1.09. The van der Waals surface area contributed by atoms with Crippen molar-refractivity contribution in [3.8, 4) is 45.3 Å². The average Bonchev–Trinajstić information content (AvgIpc) is 3.35.